The van der Waals surface area contributed by atoms with E-state index in [9.17, 15) is 0 Å². The molecular formula is C78H57N23OS+6. The molecule has 0 fully saturated rings. The number of para-hydroxylation sites is 1. The van der Waals surface area contributed by atoms with Gasteiger partial charge in [-0.2, -0.15) is 29.5 Å². The molecule has 18 aromatic heterocycles. The Labute approximate surface area is 591 Å². The van der Waals surface area contributed by atoms with Crippen LogP contribution in [0.1, 0.15) is 37.6 Å². The number of nitrogens with zero attached hydrogens (tertiary/aromatic N) is 23. The summed E-state index contributed by atoms with van der Waals surface area (Å²) in [7, 11) is 2.09. The first-order valence-corrected chi connectivity index (χ1v) is 34.6. The fourth-order valence-corrected chi connectivity index (χ4v) is 17.5. The number of hydrogen-bond acceptors (Lipinski definition) is 12. The normalized spacial score (nSPS) is 15.1. The summed E-state index contributed by atoms with van der Waals surface area (Å²) in [5.41, 5.74) is 26.0. The van der Waals surface area contributed by atoms with Crippen LogP contribution in [0, 0.1) is 6.21 Å². The van der Waals surface area contributed by atoms with Crippen LogP contribution >= 0.6 is 11.8 Å². The zero-order valence-corrected chi connectivity index (χ0v) is 55.6. The fraction of sp³-hybridized carbons (Fsp3) is 0.103. The van der Waals surface area contributed by atoms with Gasteiger partial charge in [-0.15, -0.1) is 4.57 Å². The Morgan fingerprint density at radius 1 is 0.417 bits per heavy atom. The molecule has 24 nitrogen and oxygen atoms in total. The van der Waals surface area contributed by atoms with E-state index in [0.717, 1.165) is 122 Å². The fourth-order valence-electron chi connectivity index (χ4n) is 16.1. The Balaban J connectivity index is 0.0000000830. The van der Waals surface area contributed by atoms with E-state index in [1.54, 1.807) is 35.5 Å². The summed E-state index contributed by atoms with van der Waals surface area (Å²) in [5.74, 6) is 3.79. The Bertz CT molecular complexity index is 7160. The summed E-state index contributed by atoms with van der Waals surface area (Å²) in [5, 5.41) is 24.7. The lowest BCUT2D eigenvalue weighted by Gasteiger charge is -2.00. The van der Waals surface area contributed by atoms with E-state index in [1.165, 1.54) is 65.3 Å². The number of pyridine rings is 5. The Morgan fingerprint density at radius 2 is 0.874 bits per heavy atom. The molecule has 0 amide bonds. The second kappa shape index (κ2) is 22.0. The Morgan fingerprint density at radius 3 is 1.47 bits per heavy atom. The van der Waals surface area contributed by atoms with Crippen LogP contribution in [0.2, 0.25) is 0 Å². The van der Waals surface area contributed by atoms with Gasteiger partial charge in [0.2, 0.25) is 33.9 Å². The molecule has 490 valence electrons. The van der Waals surface area contributed by atoms with Gasteiger partial charge in [0.1, 0.15) is 47.4 Å². The Hall–Kier alpha value is -13.6. The van der Waals surface area contributed by atoms with E-state index < -0.39 is 6.98 Å². The first kappa shape index (κ1) is 54.4. The molecule has 0 saturated heterocycles. The van der Waals surface area contributed by atoms with Crippen LogP contribution in [0.25, 0.3) is 124 Å². The van der Waals surface area contributed by atoms with Gasteiger partial charge in [-0.05, 0) is 130 Å². The average molecular weight is 1370 g/mol. The standard InChI is InChI=1S/C20H14N5.2C15H12N5.C14H9N4O.C14H10N4S/c1-2-7-15(8-3-1)25-17-13-24-16(9-5-11-22-24)19(17)23-12-14-6-4-10-21-18(14)20(23)25;2*1-18-12-9-20-11(5-3-7-17-20)14(12)19-8-10-4-2-6-16-13(10)15(18)19;2*1-3-9-7-17-13-10-4-2-6-16-18(10)8-11(13)19-14(17)12(9)15-5-1/h1-11,13H,12H2;2*2-7,9H,8H2,1H3;1-6,8H,7H2;1-6,8,11H,7H2/q4*+1;+2/i;1D3;;;. The highest BCUT2D eigenvalue weighted by Crippen LogP contribution is 2.40. The monoisotopic (exact) mass is 1370 g/mol. The highest BCUT2D eigenvalue weighted by molar-refractivity contribution is 8.15. The van der Waals surface area contributed by atoms with Gasteiger partial charge in [-0.25, -0.2) is 65.8 Å². The molecule has 1 atom stereocenters. The van der Waals surface area contributed by atoms with Crippen molar-refractivity contribution in [1.82, 2.24) is 82.2 Å². The lowest BCUT2D eigenvalue weighted by Crippen LogP contribution is -2.39. The number of aryl methyl sites for hydroxylation is 2. The molecule has 25 heterocycles. The highest BCUT2D eigenvalue weighted by atomic mass is 32.2. The minimum absolute atomic E-state index is 0.375. The maximum Gasteiger partial charge on any atom is 0.401 e. The van der Waals surface area contributed by atoms with E-state index in [-0.39, 0.29) is 0 Å². The largest absolute Gasteiger partial charge is 0.401 e. The third-order valence-electron chi connectivity index (χ3n) is 20.4. The van der Waals surface area contributed by atoms with E-state index in [0.29, 0.717) is 23.1 Å². The molecule has 26 rings (SSSR count). The lowest BCUT2D eigenvalue weighted by atomic mass is 10.2. The first-order valence-electron chi connectivity index (χ1n) is 35.3. The molecule has 25 heteroatoms. The van der Waals surface area contributed by atoms with Crippen molar-refractivity contribution >= 4 is 88.8 Å². The quantitative estimate of drug-likeness (QED) is 0.145. The van der Waals surface area contributed by atoms with Gasteiger partial charge >= 0.3 is 28.7 Å². The lowest BCUT2D eigenvalue weighted by molar-refractivity contribution is -0.648. The number of imidazole rings is 3. The van der Waals surface area contributed by atoms with Crippen molar-refractivity contribution in [1.29, 1.82) is 0 Å². The molecule has 0 aliphatic carbocycles. The van der Waals surface area contributed by atoms with Crippen LogP contribution in [-0.2, 0) is 46.7 Å². The van der Waals surface area contributed by atoms with Crippen molar-refractivity contribution in [3.63, 3.8) is 0 Å². The molecule has 0 bridgehead atoms. The van der Waals surface area contributed by atoms with Crippen molar-refractivity contribution in [2.75, 3.05) is 0 Å². The third kappa shape index (κ3) is 8.40. The molecule has 1 unspecified atom stereocenters. The third-order valence-corrected chi connectivity index (χ3v) is 21.7. The average Bonchev–Trinajstić information content (AvgIpc) is 1.05. The summed E-state index contributed by atoms with van der Waals surface area (Å²) < 4.78 is 56.5. The number of thioether (sulfide) groups is 1. The summed E-state index contributed by atoms with van der Waals surface area (Å²) in [6.07, 6.45) is 28.1. The van der Waals surface area contributed by atoms with E-state index in [2.05, 4.69) is 176 Å². The molecule has 19 aromatic rings. The smallest absolute Gasteiger partial charge is 0.395 e. The minimum atomic E-state index is -2.29. The molecule has 0 N–H and O–H groups in total. The van der Waals surface area contributed by atoms with E-state index in [1.807, 2.05) is 156 Å². The Kier molecular flexibility index (Phi) is 11.6. The second-order valence-electron chi connectivity index (χ2n) is 26.0. The first-order chi connectivity index (χ1) is 52.1. The van der Waals surface area contributed by atoms with Crippen molar-refractivity contribution in [2.45, 2.75) is 38.0 Å². The van der Waals surface area contributed by atoms with Crippen LogP contribution in [0.4, 0.5) is 0 Å². The predicted octanol–water partition coefficient (Wildman–Crippen LogP) is 7.84. The van der Waals surface area contributed by atoms with Crippen LogP contribution in [0.5, 0.6) is 0 Å². The number of oxazole rings is 1. The molecule has 0 spiro atoms. The predicted molar refractivity (Wildman–Crippen MR) is 381 cm³/mol. The molecule has 7 aliphatic rings. The van der Waals surface area contributed by atoms with Crippen molar-refractivity contribution in [2.24, 2.45) is 14.0 Å². The maximum atomic E-state index is 7.98. The van der Waals surface area contributed by atoms with Crippen LogP contribution in [-0.4, -0.2) is 97.0 Å². The number of rotatable bonds is 1. The molecular weight excluding hydrogens is 1310 g/mol. The summed E-state index contributed by atoms with van der Waals surface area (Å²) in [4.78, 5) is 22.6. The van der Waals surface area contributed by atoms with E-state index >= 15 is 0 Å². The highest BCUT2D eigenvalue weighted by Gasteiger charge is 2.51. The second-order valence-corrected chi connectivity index (χ2v) is 27.1. The van der Waals surface area contributed by atoms with Gasteiger partial charge in [-0.3, -0.25) is 0 Å². The molecule has 103 heavy (non-hydrogen) atoms. The SMILES string of the molecule is C1=[n+]2ncccc2=C2C1SC1=[N+]2Cc2cccnc21.Cn1c2[n+](c3c1cn1ncccc31)Cc1cccnc1-2.[2H]C([2H])([2H])n1c2[n+](c3c1cn1ncccc31)Cc1cccnc1-2.c1ccc(-n2c3[n+](c4c2cn2ncccc42)Cc2cccnc2-3)cc1.c1cnc2c(c1)C[n+]1c-2oc2cn3ncccc3c21. The van der Waals surface area contributed by atoms with Gasteiger partial charge in [0.05, 0.1) is 54.7 Å². The van der Waals surface area contributed by atoms with Crippen LogP contribution in [0.3, 0.4) is 0 Å². The van der Waals surface area contributed by atoms with Gasteiger partial charge in [-0.1, -0.05) is 36.4 Å². The van der Waals surface area contributed by atoms with Crippen molar-refractivity contribution in [3.05, 3.63) is 283 Å². The topological polar surface area (TPSA) is 199 Å². The molecule has 1 aromatic carbocycles. The zero-order chi connectivity index (χ0) is 70.2. The summed E-state index contributed by atoms with van der Waals surface area (Å²) in [6.45, 7) is 1.78. The molecule has 0 radical (unpaired) electrons. The van der Waals surface area contributed by atoms with Crippen molar-refractivity contribution in [3.8, 4) is 51.8 Å². The minimum Gasteiger partial charge on any atom is -0.395 e. The molecule has 7 aliphatic heterocycles. The molecule has 0 saturated carbocycles. The summed E-state index contributed by atoms with van der Waals surface area (Å²) >= 11 is 1.88. The van der Waals surface area contributed by atoms with Gasteiger partial charge in [0.15, 0.2) is 57.8 Å². The van der Waals surface area contributed by atoms with Crippen LogP contribution < -0.4 is 28.0 Å². The summed E-state index contributed by atoms with van der Waals surface area (Å²) in [6, 6.07) is 51.0. The van der Waals surface area contributed by atoms with Crippen molar-refractivity contribution < 1.29 is 35.7 Å². The van der Waals surface area contributed by atoms with E-state index in [4.69, 9.17) is 8.53 Å². The van der Waals surface area contributed by atoms with Crippen LogP contribution in [0.15, 0.2) is 243 Å². The van der Waals surface area contributed by atoms with Gasteiger partial charge < -0.3 is 4.42 Å². The number of benzene rings is 1. The number of hydrogen-bond donors (Lipinski definition) is 0. The number of fused-ring (bicyclic) bond motifs is 33. The van der Waals surface area contributed by atoms with Gasteiger partial charge in [0, 0.05) is 84.1 Å². The maximum absolute atomic E-state index is 7.98. The number of aromatic nitrogens is 22. The zero-order valence-electron chi connectivity index (χ0n) is 57.8. The van der Waals surface area contributed by atoms with Gasteiger partial charge in [0.25, 0.3) is 16.3 Å².